The summed E-state index contributed by atoms with van der Waals surface area (Å²) in [5, 5.41) is 0.512. The quantitative estimate of drug-likeness (QED) is 0.745. The minimum Gasteiger partial charge on any atom is -0.268 e. The topological polar surface area (TPSA) is 54.5 Å². The van der Waals surface area contributed by atoms with Gasteiger partial charge < -0.3 is 0 Å². The summed E-state index contributed by atoms with van der Waals surface area (Å²) in [5.74, 6) is -0.440. The number of sulfonamides is 1. The third kappa shape index (κ3) is 1.85. The van der Waals surface area contributed by atoms with Crippen molar-refractivity contribution < 1.29 is 13.2 Å². The van der Waals surface area contributed by atoms with Crippen LogP contribution in [0.4, 0.5) is 0 Å². The summed E-state index contributed by atoms with van der Waals surface area (Å²) in [6, 6.07) is 6.14. The molecule has 0 atom stereocenters. The standard InChI is InChI=1S/C9H8ClNO3S/c10-8-3-1-7(2-4-8)9(12)11-5-6-15(11,13)14/h1-4H,5-6H2. The fraction of sp³-hybridized carbons (Fsp3) is 0.222. The third-order valence-electron chi connectivity index (χ3n) is 2.21. The van der Waals surface area contributed by atoms with E-state index in [-0.39, 0.29) is 12.3 Å². The van der Waals surface area contributed by atoms with Crippen molar-refractivity contribution in [3.63, 3.8) is 0 Å². The summed E-state index contributed by atoms with van der Waals surface area (Å²) in [5.41, 5.74) is 0.336. The SMILES string of the molecule is O=C(c1ccc(Cl)cc1)N1CCS1(=O)=O. The van der Waals surface area contributed by atoms with Crippen LogP contribution in [0, 0.1) is 0 Å². The van der Waals surface area contributed by atoms with E-state index in [1.165, 1.54) is 12.1 Å². The Kier molecular flexibility index (Phi) is 2.44. The van der Waals surface area contributed by atoms with Gasteiger partial charge in [-0.1, -0.05) is 11.6 Å². The molecular weight excluding hydrogens is 238 g/mol. The van der Waals surface area contributed by atoms with Crippen molar-refractivity contribution in [2.75, 3.05) is 12.3 Å². The molecule has 1 fully saturated rings. The van der Waals surface area contributed by atoms with Crippen LogP contribution in [0.15, 0.2) is 24.3 Å². The molecule has 4 nitrogen and oxygen atoms in total. The predicted octanol–water partition coefficient (Wildman–Crippen LogP) is 1.13. The number of carbonyl (C=O) groups is 1. The molecule has 0 N–H and O–H groups in total. The van der Waals surface area contributed by atoms with Gasteiger partial charge in [-0.2, -0.15) is 0 Å². The Balaban J connectivity index is 2.26. The normalized spacial score (nSPS) is 18.3. The fourth-order valence-electron chi connectivity index (χ4n) is 1.30. The molecule has 0 aliphatic carbocycles. The van der Waals surface area contributed by atoms with Gasteiger partial charge in [-0.15, -0.1) is 0 Å². The van der Waals surface area contributed by atoms with Gasteiger partial charge in [0.15, 0.2) is 0 Å². The van der Waals surface area contributed by atoms with Crippen LogP contribution in [0.5, 0.6) is 0 Å². The molecule has 0 unspecified atom stereocenters. The van der Waals surface area contributed by atoms with Gasteiger partial charge >= 0.3 is 0 Å². The highest BCUT2D eigenvalue weighted by atomic mass is 35.5. The van der Waals surface area contributed by atoms with E-state index in [0.717, 1.165) is 4.31 Å². The Morgan fingerprint density at radius 1 is 1.27 bits per heavy atom. The fourth-order valence-corrected chi connectivity index (χ4v) is 2.44. The first kappa shape index (κ1) is 10.4. The number of halogens is 1. The maximum Gasteiger partial charge on any atom is 0.267 e. The maximum absolute atomic E-state index is 11.7. The van der Waals surface area contributed by atoms with Gasteiger partial charge in [0.05, 0.1) is 12.3 Å². The molecule has 0 spiro atoms. The molecule has 80 valence electrons. The van der Waals surface area contributed by atoms with Crippen molar-refractivity contribution in [2.45, 2.75) is 0 Å². The number of nitrogens with zero attached hydrogens (tertiary/aromatic N) is 1. The Bertz CT molecular complexity index is 495. The second kappa shape index (κ2) is 3.50. The highest BCUT2D eigenvalue weighted by Gasteiger charge is 2.36. The van der Waals surface area contributed by atoms with E-state index in [2.05, 4.69) is 0 Å². The number of carbonyl (C=O) groups excluding carboxylic acids is 1. The van der Waals surface area contributed by atoms with Crippen molar-refractivity contribution >= 4 is 27.5 Å². The molecule has 6 heteroatoms. The molecule has 0 aromatic heterocycles. The van der Waals surface area contributed by atoms with Crippen LogP contribution in [0.2, 0.25) is 5.02 Å². The Morgan fingerprint density at radius 2 is 1.87 bits per heavy atom. The lowest BCUT2D eigenvalue weighted by Crippen LogP contribution is -2.50. The van der Waals surface area contributed by atoms with Gasteiger partial charge in [-0.05, 0) is 24.3 Å². The summed E-state index contributed by atoms with van der Waals surface area (Å²) in [7, 11) is -3.33. The number of rotatable bonds is 1. The van der Waals surface area contributed by atoms with Gasteiger partial charge in [-0.3, -0.25) is 4.79 Å². The molecular formula is C9H8ClNO3S. The number of benzene rings is 1. The van der Waals surface area contributed by atoms with E-state index >= 15 is 0 Å². The van der Waals surface area contributed by atoms with Gasteiger partial charge in [-0.25, -0.2) is 12.7 Å². The molecule has 0 radical (unpaired) electrons. The molecule has 1 heterocycles. The van der Waals surface area contributed by atoms with E-state index < -0.39 is 15.9 Å². The molecule has 1 aromatic rings. The lowest BCUT2D eigenvalue weighted by atomic mass is 10.2. The summed E-state index contributed by atoms with van der Waals surface area (Å²) >= 11 is 5.66. The number of amides is 1. The van der Waals surface area contributed by atoms with Crippen LogP contribution < -0.4 is 0 Å². The largest absolute Gasteiger partial charge is 0.268 e. The van der Waals surface area contributed by atoms with E-state index in [1.54, 1.807) is 12.1 Å². The average molecular weight is 246 g/mol. The number of hydrogen-bond acceptors (Lipinski definition) is 3. The van der Waals surface area contributed by atoms with E-state index in [0.29, 0.717) is 10.6 Å². The minimum atomic E-state index is -3.33. The Labute approximate surface area is 92.5 Å². The van der Waals surface area contributed by atoms with Crippen molar-refractivity contribution in [3.05, 3.63) is 34.9 Å². The average Bonchev–Trinajstić information content (AvgIpc) is 2.17. The van der Waals surface area contributed by atoms with Crippen LogP contribution in [0.1, 0.15) is 10.4 Å². The van der Waals surface area contributed by atoms with Gasteiger partial charge in [0.25, 0.3) is 5.91 Å². The predicted molar refractivity (Wildman–Crippen MR) is 56.3 cm³/mol. The highest BCUT2D eigenvalue weighted by molar-refractivity contribution is 7.90. The molecule has 15 heavy (non-hydrogen) atoms. The van der Waals surface area contributed by atoms with Gasteiger partial charge in [0.2, 0.25) is 10.0 Å². The van der Waals surface area contributed by atoms with E-state index in [1.807, 2.05) is 0 Å². The first-order chi connectivity index (χ1) is 7.00. The zero-order chi connectivity index (χ0) is 11.1. The summed E-state index contributed by atoms with van der Waals surface area (Å²) in [4.78, 5) is 11.7. The highest BCUT2D eigenvalue weighted by Crippen LogP contribution is 2.18. The van der Waals surface area contributed by atoms with Gasteiger partial charge in [0.1, 0.15) is 0 Å². The second-order valence-corrected chi connectivity index (χ2v) is 5.65. The van der Waals surface area contributed by atoms with Gasteiger partial charge in [0, 0.05) is 10.6 Å². The molecule has 2 rings (SSSR count). The van der Waals surface area contributed by atoms with Crippen molar-refractivity contribution in [3.8, 4) is 0 Å². The molecule has 1 amide bonds. The van der Waals surface area contributed by atoms with Crippen molar-refractivity contribution in [2.24, 2.45) is 0 Å². The molecule has 1 saturated heterocycles. The van der Waals surface area contributed by atoms with Crippen LogP contribution in [0.25, 0.3) is 0 Å². The third-order valence-corrected chi connectivity index (χ3v) is 4.18. The molecule has 0 bridgehead atoms. The Hall–Kier alpha value is -1.07. The zero-order valence-electron chi connectivity index (χ0n) is 7.68. The molecule has 1 aromatic carbocycles. The first-order valence-electron chi connectivity index (χ1n) is 4.31. The second-order valence-electron chi connectivity index (χ2n) is 3.20. The minimum absolute atomic E-state index is 0.0479. The maximum atomic E-state index is 11.7. The lowest BCUT2D eigenvalue weighted by Gasteiger charge is -2.30. The monoisotopic (exact) mass is 245 g/mol. The van der Waals surface area contributed by atoms with Crippen molar-refractivity contribution in [1.29, 1.82) is 0 Å². The molecule has 1 aliphatic rings. The van der Waals surface area contributed by atoms with Crippen LogP contribution in [-0.4, -0.2) is 30.9 Å². The molecule has 0 saturated carbocycles. The van der Waals surface area contributed by atoms with Crippen molar-refractivity contribution in [1.82, 2.24) is 4.31 Å². The van der Waals surface area contributed by atoms with Crippen LogP contribution >= 0.6 is 11.6 Å². The van der Waals surface area contributed by atoms with E-state index in [4.69, 9.17) is 11.6 Å². The zero-order valence-corrected chi connectivity index (χ0v) is 9.25. The van der Waals surface area contributed by atoms with Crippen LogP contribution in [-0.2, 0) is 10.0 Å². The van der Waals surface area contributed by atoms with E-state index in [9.17, 15) is 13.2 Å². The first-order valence-corrected chi connectivity index (χ1v) is 6.30. The lowest BCUT2D eigenvalue weighted by molar-refractivity contribution is 0.0850. The van der Waals surface area contributed by atoms with Crippen LogP contribution in [0.3, 0.4) is 0 Å². The summed E-state index contributed by atoms with van der Waals surface area (Å²) in [6.07, 6.45) is 0. The smallest absolute Gasteiger partial charge is 0.267 e. The summed E-state index contributed by atoms with van der Waals surface area (Å²) in [6.45, 7) is 0.268. The summed E-state index contributed by atoms with van der Waals surface area (Å²) < 4.78 is 23.2. The number of hydrogen-bond donors (Lipinski definition) is 0. The Morgan fingerprint density at radius 3 is 2.27 bits per heavy atom. The molecule has 1 aliphatic heterocycles.